The summed E-state index contributed by atoms with van der Waals surface area (Å²) >= 11 is 5.46. The smallest absolute Gasteiger partial charge is 0.336 e. The Balaban J connectivity index is 1.43. The van der Waals surface area contributed by atoms with Crippen molar-refractivity contribution in [1.29, 1.82) is 0 Å². The number of benzene rings is 3. The summed E-state index contributed by atoms with van der Waals surface area (Å²) in [6, 6.07) is 13.9. The van der Waals surface area contributed by atoms with Crippen molar-refractivity contribution in [2.24, 2.45) is 5.73 Å². The number of carbonyl (C=O) groups is 1. The highest BCUT2D eigenvalue weighted by atomic mass is 32.1. The number of aromatic carboxylic acids is 1. The zero-order chi connectivity index (χ0) is 29.2. The average Bonchev–Trinajstić information content (AvgIpc) is 2.94. The van der Waals surface area contributed by atoms with Crippen LogP contribution in [0.2, 0.25) is 0 Å². The molecular weight excluding hydrogens is 548 g/mol. The largest absolute Gasteiger partial charge is 0.508 e. The lowest BCUT2D eigenvalue weighted by Crippen LogP contribution is -2.14. The Hall–Kier alpha value is -3.87. The molecule has 1 aliphatic heterocycles. The third-order valence-electron chi connectivity index (χ3n) is 6.18. The van der Waals surface area contributed by atoms with Crippen molar-refractivity contribution >= 4 is 39.8 Å². The van der Waals surface area contributed by atoms with E-state index in [0.717, 1.165) is 0 Å². The highest BCUT2D eigenvalue weighted by Gasteiger charge is 2.22. The molecule has 10 nitrogen and oxygen atoms in total. The van der Waals surface area contributed by atoms with E-state index in [1.807, 2.05) is 0 Å². The highest BCUT2D eigenvalue weighted by Crippen LogP contribution is 2.42. The van der Waals surface area contributed by atoms with Gasteiger partial charge in [0.05, 0.1) is 43.6 Å². The van der Waals surface area contributed by atoms with Gasteiger partial charge in [0, 0.05) is 53.9 Å². The van der Waals surface area contributed by atoms with Crippen LogP contribution in [0.1, 0.15) is 23.2 Å². The number of aromatic hydroxyl groups is 1. The standard InChI is InChI=1S/C30H32N2O8S/c31-9-11-38-13-15-39-14-12-37-10-1-2-28(41)32-19-3-6-22(25(16-19)30(35)36)29-23-7-4-20(33)17-26(23)40-27-18-21(34)5-8-24(27)29/h3-8,16-18,33H,1-2,9-15,31H2,(H,32,41)(H,35,36). The van der Waals surface area contributed by atoms with Crippen LogP contribution in [0.4, 0.5) is 5.69 Å². The zero-order valence-electron chi connectivity index (χ0n) is 22.4. The summed E-state index contributed by atoms with van der Waals surface area (Å²) in [6.45, 7) is 3.44. The fourth-order valence-corrected chi connectivity index (χ4v) is 4.61. The molecule has 0 saturated heterocycles. The molecule has 2 aromatic carbocycles. The van der Waals surface area contributed by atoms with Crippen molar-refractivity contribution in [3.8, 4) is 28.2 Å². The second kappa shape index (κ2) is 14.7. The molecule has 1 aliphatic carbocycles. The number of ether oxygens (including phenoxy) is 3. The molecule has 0 spiro atoms. The molecule has 0 saturated carbocycles. The molecule has 0 bridgehead atoms. The van der Waals surface area contributed by atoms with E-state index < -0.39 is 5.97 Å². The molecule has 2 aliphatic rings. The fraction of sp³-hybridized carbons (Fsp3) is 0.300. The summed E-state index contributed by atoms with van der Waals surface area (Å²) in [5, 5.41) is 23.8. The monoisotopic (exact) mass is 580 g/mol. The Labute approximate surface area is 242 Å². The van der Waals surface area contributed by atoms with Gasteiger partial charge in [-0.3, -0.25) is 4.79 Å². The molecule has 2 aromatic rings. The normalized spacial score (nSPS) is 11.2. The summed E-state index contributed by atoms with van der Waals surface area (Å²) in [5.41, 5.74) is 7.60. The van der Waals surface area contributed by atoms with Crippen LogP contribution in [-0.4, -0.2) is 67.4 Å². The predicted octanol–water partition coefficient (Wildman–Crippen LogP) is 4.50. The number of phenolic OH excluding ortho intramolecular Hbond substituents is 1. The van der Waals surface area contributed by atoms with Crippen LogP contribution in [0.15, 0.2) is 63.8 Å². The van der Waals surface area contributed by atoms with Crippen molar-refractivity contribution in [3.05, 3.63) is 70.4 Å². The molecule has 0 amide bonds. The van der Waals surface area contributed by atoms with Gasteiger partial charge in [0.2, 0.25) is 0 Å². The number of hydrogen-bond donors (Lipinski definition) is 4. The lowest BCUT2D eigenvalue weighted by molar-refractivity contribution is 0.0158. The van der Waals surface area contributed by atoms with Crippen molar-refractivity contribution in [1.82, 2.24) is 0 Å². The quantitative estimate of drug-likeness (QED) is 0.0893. The average molecular weight is 581 g/mol. The van der Waals surface area contributed by atoms with Crippen molar-refractivity contribution in [2.45, 2.75) is 12.8 Å². The molecule has 0 unspecified atom stereocenters. The van der Waals surface area contributed by atoms with Crippen LogP contribution < -0.4 is 16.5 Å². The van der Waals surface area contributed by atoms with Crippen LogP contribution in [-0.2, 0) is 14.2 Å². The number of fused-ring (bicyclic) bond motifs is 2. The Morgan fingerprint density at radius 3 is 2.34 bits per heavy atom. The molecule has 216 valence electrons. The second-order valence-corrected chi connectivity index (χ2v) is 9.65. The fourth-order valence-electron chi connectivity index (χ4n) is 4.35. The number of carboxylic acids is 1. The molecule has 0 atom stereocenters. The summed E-state index contributed by atoms with van der Waals surface area (Å²) in [7, 11) is 0. The molecule has 0 aromatic heterocycles. The molecule has 5 N–H and O–H groups in total. The summed E-state index contributed by atoms with van der Waals surface area (Å²) in [4.78, 5) is 24.9. The maximum atomic E-state index is 12.4. The van der Waals surface area contributed by atoms with Gasteiger partial charge < -0.3 is 39.9 Å². The molecule has 0 fully saturated rings. The van der Waals surface area contributed by atoms with Gasteiger partial charge in [0.1, 0.15) is 17.1 Å². The van der Waals surface area contributed by atoms with E-state index in [4.69, 9.17) is 36.6 Å². The van der Waals surface area contributed by atoms with E-state index in [1.165, 1.54) is 30.3 Å². The third kappa shape index (κ3) is 8.09. The second-order valence-electron chi connectivity index (χ2n) is 9.16. The van der Waals surface area contributed by atoms with Crippen LogP contribution in [0.25, 0.3) is 33.4 Å². The van der Waals surface area contributed by atoms with E-state index in [1.54, 1.807) is 24.3 Å². The lowest BCUT2D eigenvalue weighted by atomic mass is 9.90. The van der Waals surface area contributed by atoms with E-state index in [0.29, 0.717) is 97.4 Å². The molecule has 41 heavy (non-hydrogen) atoms. The Morgan fingerprint density at radius 2 is 1.61 bits per heavy atom. The summed E-state index contributed by atoms with van der Waals surface area (Å²) in [5.74, 6) is -0.854. The van der Waals surface area contributed by atoms with Crippen LogP contribution >= 0.6 is 12.2 Å². The number of phenols is 1. The number of anilines is 1. The van der Waals surface area contributed by atoms with Crippen LogP contribution in [0.3, 0.4) is 0 Å². The first-order chi connectivity index (χ1) is 19.9. The van der Waals surface area contributed by atoms with Gasteiger partial charge in [-0.2, -0.15) is 0 Å². The van der Waals surface area contributed by atoms with Gasteiger partial charge in [0.15, 0.2) is 5.43 Å². The van der Waals surface area contributed by atoms with Gasteiger partial charge in [0.25, 0.3) is 0 Å². The number of hydrogen-bond acceptors (Lipinski definition) is 9. The Morgan fingerprint density at radius 1 is 0.902 bits per heavy atom. The van der Waals surface area contributed by atoms with Gasteiger partial charge in [-0.25, -0.2) is 4.79 Å². The number of rotatable bonds is 15. The molecule has 11 heteroatoms. The minimum atomic E-state index is -1.13. The zero-order valence-corrected chi connectivity index (χ0v) is 23.2. The molecule has 0 radical (unpaired) electrons. The summed E-state index contributed by atoms with van der Waals surface area (Å²) in [6.07, 6.45) is 1.25. The van der Waals surface area contributed by atoms with Crippen LogP contribution in [0.5, 0.6) is 5.75 Å². The number of nitrogens with two attached hydrogens (primary N) is 1. The molecule has 1 heterocycles. The van der Waals surface area contributed by atoms with Gasteiger partial charge in [-0.15, -0.1) is 0 Å². The summed E-state index contributed by atoms with van der Waals surface area (Å²) < 4.78 is 22.1. The van der Waals surface area contributed by atoms with Crippen LogP contribution in [0, 0.1) is 0 Å². The third-order valence-corrected chi connectivity index (χ3v) is 6.48. The first kappa shape index (κ1) is 30.1. The minimum Gasteiger partial charge on any atom is -0.508 e. The highest BCUT2D eigenvalue weighted by molar-refractivity contribution is 7.80. The van der Waals surface area contributed by atoms with Gasteiger partial charge >= 0.3 is 5.97 Å². The lowest BCUT2D eigenvalue weighted by Gasteiger charge is -2.17. The van der Waals surface area contributed by atoms with E-state index >= 15 is 0 Å². The first-order valence-corrected chi connectivity index (χ1v) is 13.6. The first-order valence-electron chi connectivity index (χ1n) is 13.2. The van der Waals surface area contributed by atoms with Gasteiger partial charge in [-0.1, -0.05) is 18.3 Å². The maximum absolute atomic E-state index is 12.4. The topological polar surface area (TPSA) is 153 Å². The number of carboxylic acid groups (broad SMARTS) is 1. The van der Waals surface area contributed by atoms with E-state index in [9.17, 15) is 19.8 Å². The minimum absolute atomic E-state index is 0.0146. The number of nitrogens with one attached hydrogen (secondary N) is 1. The Kier molecular flexibility index (Phi) is 10.8. The molecule has 4 rings (SSSR count). The predicted molar refractivity (Wildman–Crippen MR) is 160 cm³/mol. The number of thiocarbonyl (C=S) groups is 1. The molecular formula is C30H32N2O8S. The van der Waals surface area contributed by atoms with Crippen molar-refractivity contribution in [3.63, 3.8) is 0 Å². The van der Waals surface area contributed by atoms with E-state index in [2.05, 4.69) is 5.32 Å². The maximum Gasteiger partial charge on any atom is 0.336 e. The van der Waals surface area contributed by atoms with Crippen molar-refractivity contribution in [2.75, 3.05) is 51.5 Å². The van der Waals surface area contributed by atoms with Gasteiger partial charge in [-0.05, 0) is 48.4 Å². The SMILES string of the molecule is NCCOCCOCCOCCCC(=S)Nc1ccc(-c2c3ccc(=O)cc-3oc3cc(O)ccc23)c(C(=O)O)c1. The Bertz CT molecular complexity index is 1540. The van der Waals surface area contributed by atoms with Crippen molar-refractivity contribution < 1.29 is 33.6 Å². The van der Waals surface area contributed by atoms with E-state index in [-0.39, 0.29) is 22.5 Å².